The summed E-state index contributed by atoms with van der Waals surface area (Å²) in [6, 6.07) is 4.85. The zero-order chi connectivity index (χ0) is 10.8. The molecule has 0 aromatic heterocycles. The largest absolute Gasteiger partial charge is 0.323 e. The van der Waals surface area contributed by atoms with Gasteiger partial charge in [0.05, 0.1) is 0 Å². The van der Waals surface area contributed by atoms with E-state index < -0.39 is 0 Å². The summed E-state index contributed by atoms with van der Waals surface area (Å²) in [6.07, 6.45) is 2.14. The van der Waals surface area contributed by atoms with Crippen LogP contribution in [0.3, 0.4) is 0 Å². The molecule has 2 nitrogen and oxygen atoms in total. The lowest BCUT2D eigenvalue weighted by Gasteiger charge is -2.20. The Kier molecular flexibility index (Phi) is 3.38. The van der Waals surface area contributed by atoms with Gasteiger partial charge >= 0.3 is 0 Å². The van der Waals surface area contributed by atoms with Gasteiger partial charge in [-0.1, -0.05) is 15.9 Å². The first-order chi connectivity index (χ1) is 7.18. The summed E-state index contributed by atoms with van der Waals surface area (Å²) in [5.74, 6) is -0.223. The molecule has 0 aliphatic carbocycles. The summed E-state index contributed by atoms with van der Waals surface area (Å²) in [4.78, 5) is 0. The van der Waals surface area contributed by atoms with Gasteiger partial charge in [-0.2, -0.15) is 0 Å². The molecule has 2 unspecified atom stereocenters. The molecular formula is C11H14BrFN2. The minimum absolute atomic E-state index is 0.203. The SMILES string of the molecule is NC(c1cc(Br)ccc1F)C1CCCN1. The number of hydrogen-bond acceptors (Lipinski definition) is 2. The molecule has 1 saturated heterocycles. The zero-order valence-corrected chi connectivity index (χ0v) is 9.93. The molecular weight excluding hydrogens is 259 g/mol. The van der Waals surface area contributed by atoms with Crippen molar-refractivity contribution in [2.75, 3.05) is 6.54 Å². The highest BCUT2D eigenvalue weighted by atomic mass is 79.9. The fourth-order valence-corrected chi connectivity index (χ4v) is 2.38. The summed E-state index contributed by atoms with van der Waals surface area (Å²) in [5, 5.41) is 3.29. The Labute approximate surface area is 97.2 Å². The second-order valence-corrected chi connectivity index (χ2v) is 4.81. The molecule has 0 spiro atoms. The number of halogens is 2. The normalized spacial score (nSPS) is 23.0. The highest BCUT2D eigenvalue weighted by Gasteiger charge is 2.24. The second kappa shape index (κ2) is 4.60. The van der Waals surface area contributed by atoms with Crippen LogP contribution in [-0.4, -0.2) is 12.6 Å². The third-order valence-electron chi connectivity index (χ3n) is 2.85. The Balaban J connectivity index is 2.23. The first-order valence-corrected chi connectivity index (χ1v) is 5.91. The Hall–Kier alpha value is -0.450. The van der Waals surface area contributed by atoms with Crippen molar-refractivity contribution in [2.45, 2.75) is 24.9 Å². The van der Waals surface area contributed by atoms with E-state index >= 15 is 0 Å². The molecule has 1 aromatic carbocycles. The van der Waals surface area contributed by atoms with E-state index in [1.165, 1.54) is 6.07 Å². The van der Waals surface area contributed by atoms with Crippen molar-refractivity contribution in [1.82, 2.24) is 5.32 Å². The van der Waals surface area contributed by atoms with E-state index in [1.54, 1.807) is 12.1 Å². The standard InChI is InChI=1S/C11H14BrFN2/c12-7-3-4-9(13)8(6-7)11(14)10-2-1-5-15-10/h3-4,6,10-11,15H,1-2,5,14H2. The van der Waals surface area contributed by atoms with E-state index in [-0.39, 0.29) is 17.9 Å². The summed E-state index contributed by atoms with van der Waals surface area (Å²) in [5.41, 5.74) is 6.63. The fourth-order valence-electron chi connectivity index (χ4n) is 2.00. The lowest BCUT2D eigenvalue weighted by atomic mass is 9.98. The predicted molar refractivity (Wildman–Crippen MR) is 62.1 cm³/mol. The van der Waals surface area contributed by atoms with Crippen LogP contribution in [0.1, 0.15) is 24.4 Å². The molecule has 0 amide bonds. The van der Waals surface area contributed by atoms with Crippen molar-refractivity contribution in [3.05, 3.63) is 34.1 Å². The summed E-state index contributed by atoms with van der Waals surface area (Å²) >= 11 is 3.33. The van der Waals surface area contributed by atoms with E-state index in [2.05, 4.69) is 21.2 Å². The van der Waals surface area contributed by atoms with Gasteiger partial charge in [0.2, 0.25) is 0 Å². The topological polar surface area (TPSA) is 38.0 Å². The third-order valence-corrected chi connectivity index (χ3v) is 3.34. The van der Waals surface area contributed by atoms with Crippen molar-refractivity contribution in [1.29, 1.82) is 0 Å². The Morgan fingerprint density at radius 2 is 2.33 bits per heavy atom. The zero-order valence-electron chi connectivity index (χ0n) is 8.34. The minimum atomic E-state index is -0.259. The minimum Gasteiger partial charge on any atom is -0.323 e. The molecule has 0 bridgehead atoms. The summed E-state index contributed by atoms with van der Waals surface area (Å²) < 4.78 is 14.4. The van der Waals surface area contributed by atoms with Crippen molar-refractivity contribution in [2.24, 2.45) is 5.73 Å². The number of nitrogens with one attached hydrogen (secondary N) is 1. The molecule has 2 rings (SSSR count). The summed E-state index contributed by atoms with van der Waals surface area (Å²) in [6.45, 7) is 0.980. The van der Waals surface area contributed by atoms with Gasteiger partial charge in [0.1, 0.15) is 5.82 Å². The number of hydrogen-bond donors (Lipinski definition) is 2. The monoisotopic (exact) mass is 272 g/mol. The van der Waals surface area contributed by atoms with E-state index in [4.69, 9.17) is 5.73 Å². The molecule has 0 radical (unpaired) electrons. The maximum absolute atomic E-state index is 13.5. The molecule has 2 atom stereocenters. The smallest absolute Gasteiger partial charge is 0.128 e. The number of rotatable bonds is 2. The maximum atomic E-state index is 13.5. The fraction of sp³-hybridized carbons (Fsp3) is 0.455. The molecule has 15 heavy (non-hydrogen) atoms. The van der Waals surface area contributed by atoms with Gasteiger partial charge in [-0.05, 0) is 37.6 Å². The average molecular weight is 273 g/mol. The van der Waals surface area contributed by atoms with Crippen LogP contribution in [-0.2, 0) is 0 Å². The van der Waals surface area contributed by atoms with Crippen LogP contribution in [0, 0.1) is 5.82 Å². The maximum Gasteiger partial charge on any atom is 0.128 e. The van der Waals surface area contributed by atoms with E-state index in [9.17, 15) is 4.39 Å². The quantitative estimate of drug-likeness (QED) is 0.868. The van der Waals surface area contributed by atoms with Crippen molar-refractivity contribution >= 4 is 15.9 Å². The van der Waals surface area contributed by atoms with E-state index in [1.807, 2.05) is 0 Å². The van der Waals surface area contributed by atoms with Crippen LogP contribution < -0.4 is 11.1 Å². The van der Waals surface area contributed by atoms with Crippen LogP contribution >= 0.6 is 15.9 Å². The first-order valence-electron chi connectivity index (χ1n) is 5.12. The Morgan fingerprint density at radius 1 is 1.53 bits per heavy atom. The molecule has 3 N–H and O–H groups in total. The Morgan fingerprint density at radius 3 is 3.00 bits per heavy atom. The number of nitrogens with two attached hydrogens (primary N) is 1. The molecule has 1 aliphatic heterocycles. The van der Waals surface area contributed by atoms with Gasteiger partial charge in [-0.15, -0.1) is 0 Å². The Bertz CT molecular complexity index is 350. The molecule has 4 heteroatoms. The van der Waals surface area contributed by atoms with Gasteiger partial charge in [-0.3, -0.25) is 0 Å². The van der Waals surface area contributed by atoms with Crippen LogP contribution in [0.2, 0.25) is 0 Å². The average Bonchev–Trinajstić information content (AvgIpc) is 2.74. The lowest BCUT2D eigenvalue weighted by Crippen LogP contribution is -2.34. The molecule has 82 valence electrons. The molecule has 1 aromatic rings. The second-order valence-electron chi connectivity index (χ2n) is 3.89. The lowest BCUT2D eigenvalue weighted by molar-refractivity contribution is 0.477. The molecule has 0 saturated carbocycles. The number of benzene rings is 1. The van der Waals surface area contributed by atoms with E-state index in [0.717, 1.165) is 23.9 Å². The first kappa shape index (κ1) is 11.0. The predicted octanol–water partition coefficient (Wildman–Crippen LogP) is 2.34. The van der Waals surface area contributed by atoms with Gasteiger partial charge in [0, 0.05) is 22.1 Å². The van der Waals surface area contributed by atoms with Crippen molar-refractivity contribution in [3.8, 4) is 0 Å². The van der Waals surface area contributed by atoms with Gasteiger partial charge in [0.15, 0.2) is 0 Å². The van der Waals surface area contributed by atoms with Gasteiger partial charge in [0.25, 0.3) is 0 Å². The van der Waals surface area contributed by atoms with Crippen molar-refractivity contribution < 1.29 is 4.39 Å². The van der Waals surface area contributed by atoms with Crippen LogP contribution in [0.5, 0.6) is 0 Å². The van der Waals surface area contributed by atoms with Gasteiger partial charge in [-0.25, -0.2) is 4.39 Å². The van der Waals surface area contributed by atoms with E-state index in [0.29, 0.717) is 5.56 Å². The summed E-state index contributed by atoms with van der Waals surface area (Å²) in [7, 11) is 0. The molecule has 1 heterocycles. The van der Waals surface area contributed by atoms with Crippen LogP contribution in [0.15, 0.2) is 22.7 Å². The van der Waals surface area contributed by atoms with Gasteiger partial charge < -0.3 is 11.1 Å². The van der Waals surface area contributed by atoms with Crippen molar-refractivity contribution in [3.63, 3.8) is 0 Å². The highest BCUT2D eigenvalue weighted by Crippen LogP contribution is 2.25. The third kappa shape index (κ3) is 2.38. The van der Waals surface area contributed by atoms with Crippen LogP contribution in [0.25, 0.3) is 0 Å². The molecule has 1 aliphatic rings. The molecule has 1 fully saturated rings. The highest BCUT2D eigenvalue weighted by molar-refractivity contribution is 9.10. The van der Waals surface area contributed by atoms with Crippen LogP contribution in [0.4, 0.5) is 4.39 Å².